The molecule has 0 aliphatic carbocycles. The van der Waals surface area contributed by atoms with Gasteiger partial charge in [0.25, 0.3) is 5.91 Å². The van der Waals surface area contributed by atoms with Crippen molar-refractivity contribution in [3.05, 3.63) is 167 Å². The van der Waals surface area contributed by atoms with Gasteiger partial charge in [0.05, 0.1) is 45.4 Å². The molecule has 2 N–H and O–H groups in total. The van der Waals surface area contributed by atoms with Gasteiger partial charge in [-0.05, 0) is 129 Å². The Bertz CT molecular complexity index is 3730. The minimum absolute atomic E-state index is 0.0561. The fourth-order valence-corrected chi connectivity index (χ4v) is 12.2. The molecule has 24 heteroatoms. The van der Waals surface area contributed by atoms with Gasteiger partial charge in [-0.25, -0.2) is 14.4 Å². The summed E-state index contributed by atoms with van der Waals surface area (Å²) in [6.07, 6.45) is 2.07. The number of amides is 7. The number of hydrogen-bond acceptors (Lipinski definition) is 17. The first-order valence-corrected chi connectivity index (χ1v) is 33.8. The molecule has 3 heterocycles. The van der Waals surface area contributed by atoms with E-state index in [9.17, 15) is 47.9 Å². The van der Waals surface area contributed by atoms with Crippen LogP contribution in [0.3, 0.4) is 0 Å². The number of benzene rings is 5. The third kappa shape index (κ3) is 21.6. The van der Waals surface area contributed by atoms with Crippen molar-refractivity contribution in [1.29, 1.82) is 0 Å². The largest absolute Gasteiger partial charge is 0.493 e. The van der Waals surface area contributed by atoms with Gasteiger partial charge in [-0.15, -0.1) is 0 Å². The fourth-order valence-electron chi connectivity index (χ4n) is 12.2. The summed E-state index contributed by atoms with van der Waals surface area (Å²) in [6.45, 7) is 3.57. The Labute approximate surface area is 583 Å². The number of ether oxygens (including phenoxy) is 6. The second kappa shape index (κ2) is 36.6. The number of anilines is 1. The number of fused-ring (bicyclic) bond motifs is 3. The van der Waals surface area contributed by atoms with Gasteiger partial charge >= 0.3 is 18.0 Å². The van der Waals surface area contributed by atoms with E-state index in [-0.39, 0.29) is 76.6 Å². The molecular formula is C76H91N7O17. The van der Waals surface area contributed by atoms with Crippen LogP contribution in [0.25, 0.3) is 0 Å². The van der Waals surface area contributed by atoms with Gasteiger partial charge in [0.1, 0.15) is 30.5 Å². The van der Waals surface area contributed by atoms with Crippen LogP contribution in [-0.2, 0) is 87.8 Å². The molecule has 5 aromatic rings. The highest BCUT2D eigenvalue weighted by molar-refractivity contribution is 6.38. The van der Waals surface area contributed by atoms with Gasteiger partial charge in [-0.2, -0.15) is 0 Å². The van der Waals surface area contributed by atoms with Crippen LogP contribution in [0.5, 0.6) is 17.2 Å². The maximum atomic E-state index is 15.2. The Morgan fingerprint density at radius 1 is 0.660 bits per heavy atom. The molecule has 0 unspecified atom stereocenters. The van der Waals surface area contributed by atoms with Crippen LogP contribution in [0.15, 0.2) is 140 Å². The summed E-state index contributed by atoms with van der Waals surface area (Å²) in [5, 5.41) is 5.70. The van der Waals surface area contributed by atoms with Crippen molar-refractivity contribution in [3.63, 3.8) is 0 Å². The van der Waals surface area contributed by atoms with Crippen LogP contribution in [0, 0.1) is 11.3 Å². The molecular weight excluding hydrogens is 1280 g/mol. The van der Waals surface area contributed by atoms with Crippen LogP contribution >= 0.6 is 0 Å². The summed E-state index contributed by atoms with van der Waals surface area (Å²) < 4.78 is 33.9. The lowest BCUT2D eigenvalue weighted by molar-refractivity contribution is -0.165. The number of carbonyl (C=O) groups is 11. The molecule has 0 saturated carbocycles. The predicted octanol–water partition coefficient (Wildman–Crippen LogP) is 7.48. The molecule has 3 aliphatic heterocycles. The summed E-state index contributed by atoms with van der Waals surface area (Å²) in [4.78, 5) is 163. The van der Waals surface area contributed by atoms with Gasteiger partial charge in [0.15, 0.2) is 17.3 Å². The van der Waals surface area contributed by atoms with Crippen LogP contribution in [-0.4, -0.2) is 196 Å². The van der Waals surface area contributed by atoms with Gasteiger partial charge in [-0.1, -0.05) is 97.1 Å². The van der Waals surface area contributed by atoms with Crippen LogP contribution in [0.2, 0.25) is 0 Å². The first-order chi connectivity index (χ1) is 48.0. The molecule has 2 fully saturated rings. The number of carbonyl (C=O) groups excluding carboxylic acids is 11. The number of Topliss-reactive ketones (excluding diaryl/α,β-unsaturated/α-hetero) is 2. The summed E-state index contributed by atoms with van der Waals surface area (Å²) in [7, 11) is 7.46. The Kier molecular flexibility index (Phi) is 27.6. The Balaban J connectivity index is 1.10. The number of nitrogens with zero attached hydrogens (tertiary/aromatic N) is 5. The molecule has 5 atom stereocenters. The van der Waals surface area contributed by atoms with Crippen molar-refractivity contribution >= 4 is 70.7 Å². The molecule has 2 bridgehead atoms. The third-order valence-electron chi connectivity index (χ3n) is 18.0. The van der Waals surface area contributed by atoms with Gasteiger partial charge in [-0.3, -0.25) is 38.4 Å². The Hall–Kier alpha value is -10.2. The molecule has 0 radical (unpaired) electrons. The molecule has 3 aliphatic rings. The fraction of sp³-hybridized carbons (Fsp3) is 0.434. The predicted molar refractivity (Wildman–Crippen MR) is 370 cm³/mol. The zero-order valence-electron chi connectivity index (χ0n) is 58.0. The second-order valence-corrected chi connectivity index (χ2v) is 26.0. The molecule has 24 nitrogen and oxygen atoms in total. The summed E-state index contributed by atoms with van der Waals surface area (Å²) in [5.41, 5.74) is 2.08. The molecule has 7 amide bonds. The van der Waals surface area contributed by atoms with E-state index in [0.29, 0.717) is 73.9 Å². The normalized spacial score (nSPS) is 21.3. The minimum atomic E-state index is -1.53. The summed E-state index contributed by atoms with van der Waals surface area (Å²) in [5.74, 6) is -6.59. The van der Waals surface area contributed by atoms with Crippen LogP contribution < -0.4 is 24.8 Å². The van der Waals surface area contributed by atoms with E-state index >= 15 is 4.79 Å². The van der Waals surface area contributed by atoms with Gasteiger partial charge in [0.2, 0.25) is 35.3 Å². The smallest absolute Gasteiger partial charge is 0.415 e. The van der Waals surface area contributed by atoms with Gasteiger partial charge in [0, 0.05) is 90.7 Å². The topological polar surface area (TPSA) is 283 Å². The minimum Gasteiger partial charge on any atom is -0.493 e. The zero-order chi connectivity index (χ0) is 71.9. The number of rotatable bonds is 12. The van der Waals surface area contributed by atoms with Crippen molar-refractivity contribution in [2.24, 2.45) is 11.3 Å². The lowest BCUT2D eigenvalue weighted by atomic mass is 9.87. The monoisotopic (exact) mass is 1370 g/mol. The van der Waals surface area contributed by atoms with E-state index in [2.05, 4.69) is 10.6 Å². The third-order valence-corrected chi connectivity index (χ3v) is 18.0. The van der Waals surface area contributed by atoms with Crippen LogP contribution in [0.1, 0.15) is 99.1 Å². The Morgan fingerprint density at radius 2 is 1.33 bits per heavy atom. The molecule has 0 aromatic heterocycles. The molecule has 0 spiro atoms. The number of nitrogens with one attached hydrogen (secondary N) is 2. The van der Waals surface area contributed by atoms with E-state index in [1.807, 2.05) is 30.3 Å². The number of morpholine rings is 1. The molecule has 532 valence electrons. The summed E-state index contributed by atoms with van der Waals surface area (Å²) >= 11 is 0. The maximum absolute atomic E-state index is 15.2. The number of aryl methyl sites for hydroxylation is 1. The number of piperidine rings is 1. The molecule has 8 rings (SSSR count). The molecule has 5 aromatic carbocycles. The van der Waals surface area contributed by atoms with E-state index < -0.39 is 114 Å². The lowest BCUT2D eigenvalue weighted by Gasteiger charge is -2.36. The van der Waals surface area contributed by atoms with Crippen molar-refractivity contribution < 1.29 is 81.2 Å². The second-order valence-electron chi connectivity index (χ2n) is 26.0. The highest BCUT2D eigenvalue weighted by Crippen LogP contribution is 2.33. The van der Waals surface area contributed by atoms with E-state index in [1.54, 1.807) is 104 Å². The van der Waals surface area contributed by atoms with Crippen molar-refractivity contribution in [2.45, 2.75) is 115 Å². The number of cyclic esters (lactones) is 2. The number of methoxy groups -OCH3 is 2. The number of hydrogen-bond donors (Lipinski definition) is 2. The lowest BCUT2D eigenvalue weighted by Crippen LogP contribution is -2.53. The summed E-state index contributed by atoms with van der Waals surface area (Å²) in [6, 6.07) is 33.1. The maximum Gasteiger partial charge on any atom is 0.415 e. The number of likely N-dealkylation sites (N-methyl/N-ethyl adjacent to an activating group) is 3. The quantitative estimate of drug-likeness (QED) is 0.0904. The van der Waals surface area contributed by atoms with Gasteiger partial charge < -0.3 is 63.6 Å². The van der Waals surface area contributed by atoms with E-state index in [4.69, 9.17) is 28.4 Å². The van der Waals surface area contributed by atoms with E-state index in [0.717, 1.165) is 22.8 Å². The first kappa shape index (κ1) is 75.5. The highest BCUT2D eigenvalue weighted by Gasteiger charge is 2.43. The first-order valence-electron chi connectivity index (χ1n) is 33.8. The zero-order valence-corrected chi connectivity index (χ0v) is 58.0. The van der Waals surface area contributed by atoms with Crippen molar-refractivity contribution in [1.82, 2.24) is 29.8 Å². The highest BCUT2D eigenvalue weighted by atomic mass is 16.6. The SMILES string of the molecule is COc1ccc(CC[C@H]2OC(=O)[C@@H]3CCCCN3C(=O)C(=O)C(C)(C)COC(=O)C=CCCN(C)C(=O)[C@@H](Cc3ccccc3)NC(=O)CN(C)C(=O)[C@@H](Cc3ccccc3)CC(=O)[C@H](Cc3ccc(OC(=O)N4CCOCC4)cc3)N(C)C(=O)CCC(=O)Nc3cccc2c3)cc1OC. The number of ketones is 2. The molecule has 100 heavy (non-hydrogen) atoms. The van der Waals surface area contributed by atoms with E-state index in [1.165, 1.54) is 72.7 Å². The van der Waals surface area contributed by atoms with Crippen molar-refractivity contribution in [2.75, 3.05) is 93.2 Å². The number of esters is 2. The average Bonchev–Trinajstić information content (AvgIpc) is 0.809. The standard InChI is InChI=1S/C76H91N7O17/c1-76(2)50-98-69(88)26-15-16-37-79(3)72(91)59(44-52-21-12-9-13-22-52)78-67(86)49-80(4)71(90)56(43-51-19-10-8-11-20-51)48-62(84)61(45-53-27-31-58(32-28-53)99-75(94)82-39-41-97-42-40-82)81(5)68(87)36-35-66(85)77-57-24-18-23-55(47-57)63(33-29-54-30-34-64(95-6)65(46-54)96-7)100-74(93)60-25-14-17-38-83(60)73(92)70(76)89/h8-13,15,18-24,26-28,30-32,34,46-47,56,59-61,63H,14,16-17,25,29,33,35-45,48-50H2,1-7H3,(H,77,85)(H,78,86)/t56-,59+,60-,61-,63+/m0/s1. The molecule has 2 saturated heterocycles. The van der Waals surface area contributed by atoms with Crippen LogP contribution in [0.4, 0.5) is 10.5 Å². The average molecular weight is 1370 g/mol. The Morgan fingerprint density at radius 3 is 2.02 bits per heavy atom. The van der Waals surface area contributed by atoms with Crippen molar-refractivity contribution in [3.8, 4) is 17.2 Å².